The largest absolute Gasteiger partial charge is 0.352 e. The molecule has 182 valence electrons. The van der Waals surface area contributed by atoms with Crippen LogP contribution in [-0.4, -0.2) is 29.8 Å². The van der Waals surface area contributed by atoms with E-state index in [1.54, 1.807) is 24.3 Å². The van der Waals surface area contributed by atoms with E-state index in [-0.39, 0.29) is 18.2 Å². The summed E-state index contributed by atoms with van der Waals surface area (Å²) in [6.07, 6.45) is 3.94. The fourth-order valence-corrected chi connectivity index (χ4v) is 4.73. The SMILES string of the molecule is O=C(CC(NC(=O)c1ccccc1Cl)c1ccccc1)NCc1ccccc1CN1CCCCC1. The van der Waals surface area contributed by atoms with E-state index >= 15 is 0 Å². The van der Waals surface area contributed by atoms with E-state index in [4.69, 9.17) is 11.6 Å². The van der Waals surface area contributed by atoms with Crippen molar-refractivity contribution in [2.24, 2.45) is 0 Å². The van der Waals surface area contributed by atoms with Gasteiger partial charge in [0.1, 0.15) is 0 Å². The highest BCUT2D eigenvalue weighted by Crippen LogP contribution is 2.21. The Hall–Kier alpha value is -3.15. The standard InChI is InChI=1S/C29H32ClN3O2/c30-26-16-8-7-15-25(26)29(35)32-27(22-11-3-1-4-12-22)19-28(34)31-20-23-13-5-6-14-24(23)21-33-17-9-2-10-18-33/h1,3-8,11-16,27H,2,9-10,17-21H2,(H,31,34)(H,32,35). The van der Waals surface area contributed by atoms with Gasteiger partial charge in [-0.1, -0.05) is 84.8 Å². The maximum absolute atomic E-state index is 13.0. The molecule has 1 fully saturated rings. The summed E-state index contributed by atoms with van der Waals surface area (Å²) in [7, 11) is 0. The van der Waals surface area contributed by atoms with Gasteiger partial charge < -0.3 is 10.6 Å². The number of carbonyl (C=O) groups excluding carboxylic acids is 2. The molecule has 1 heterocycles. The monoisotopic (exact) mass is 489 g/mol. The average Bonchev–Trinajstić information content (AvgIpc) is 2.89. The molecule has 3 aromatic rings. The summed E-state index contributed by atoms with van der Waals surface area (Å²) in [6.45, 7) is 3.63. The van der Waals surface area contributed by atoms with Crippen molar-refractivity contribution in [2.75, 3.05) is 13.1 Å². The van der Waals surface area contributed by atoms with Gasteiger partial charge in [-0.15, -0.1) is 0 Å². The predicted molar refractivity (Wildman–Crippen MR) is 140 cm³/mol. The van der Waals surface area contributed by atoms with Crippen LogP contribution in [0.5, 0.6) is 0 Å². The van der Waals surface area contributed by atoms with E-state index in [1.807, 2.05) is 36.4 Å². The third-order valence-corrected chi connectivity index (χ3v) is 6.78. The number of nitrogens with one attached hydrogen (secondary N) is 2. The van der Waals surface area contributed by atoms with E-state index < -0.39 is 6.04 Å². The van der Waals surface area contributed by atoms with Gasteiger partial charge in [0.05, 0.1) is 23.0 Å². The first-order chi connectivity index (χ1) is 17.1. The van der Waals surface area contributed by atoms with Crippen molar-refractivity contribution in [1.29, 1.82) is 0 Å². The fourth-order valence-electron chi connectivity index (χ4n) is 4.51. The lowest BCUT2D eigenvalue weighted by Crippen LogP contribution is -2.34. The highest BCUT2D eigenvalue weighted by molar-refractivity contribution is 6.33. The summed E-state index contributed by atoms with van der Waals surface area (Å²) >= 11 is 6.21. The van der Waals surface area contributed by atoms with Crippen LogP contribution in [0.2, 0.25) is 5.02 Å². The van der Waals surface area contributed by atoms with E-state index in [9.17, 15) is 9.59 Å². The van der Waals surface area contributed by atoms with E-state index in [2.05, 4.69) is 33.7 Å². The van der Waals surface area contributed by atoms with Crippen molar-refractivity contribution in [3.63, 3.8) is 0 Å². The molecule has 1 atom stereocenters. The first-order valence-corrected chi connectivity index (χ1v) is 12.6. The van der Waals surface area contributed by atoms with Gasteiger partial charge in [-0.25, -0.2) is 0 Å². The van der Waals surface area contributed by atoms with Crippen LogP contribution in [0.3, 0.4) is 0 Å². The molecule has 1 aliphatic rings. The molecular weight excluding hydrogens is 458 g/mol. The molecule has 1 unspecified atom stereocenters. The Labute approximate surface area is 212 Å². The second-order valence-corrected chi connectivity index (χ2v) is 9.41. The highest BCUT2D eigenvalue weighted by Gasteiger charge is 2.21. The zero-order chi connectivity index (χ0) is 24.5. The van der Waals surface area contributed by atoms with Gasteiger partial charge in [0.15, 0.2) is 0 Å². The normalized spacial score (nSPS) is 14.8. The molecule has 1 saturated heterocycles. The number of hydrogen-bond acceptors (Lipinski definition) is 3. The summed E-state index contributed by atoms with van der Waals surface area (Å²) in [6, 6.07) is 24.3. The minimum absolute atomic E-state index is 0.119. The number of hydrogen-bond donors (Lipinski definition) is 2. The molecule has 3 aromatic carbocycles. The lowest BCUT2D eigenvalue weighted by Gasteiger charge is -2.27. The smallest absolute Gasteiger partial charge is 0.253 e. The quantitative estimate of drug-likeness (QED) is 0.417. The maximum Gasteiger partial charge on any atom is 0.253 e. The molecule has 35 heavy (non-hydrogen) atoms. The Morgan fingerprint density at radius 2 is 1.49 bits per heavy atom. The molecule has 2 amide bonds. The van der Waals surface area contributed by atoms with Gasteiger partial charge in [-0.2, -0.15) is 0 Å². The van der Waals surface area contributed by atoms with E-state index in [1.165, 1.54) is 24.8 Å². The Morgan fingerprint density at radius 3 is 2.23 bits per heavy atom. The maximum atomic E-state index is 13.0. The van der Waals surface area contributed by atoms with Crippen molar-refractivity contribution in [1.82, 2.24) is 15.5 Å². The zero-order valence-corrected chi connectivity index (χ0v) is 20.6. The number of likely N-dealkylation sites (tertiary alicyclic amines) is 1. The van der Waals surface area contributed by atoms with E-state index in [0.717, 1.165) is 30.8 Å². The minimum atomic E-state index is -0.469. The van der Waals surface area contributed by atoms with Gasteiger partial charge in [-0.05, 0) is 54.8 Å². The van der Waals surface area contributed by atoms with Crippen LogP contribution < -0.4 is 10.6 Å². The number of piperidine rings is 1. The Bertz CT molecular complexity index is 1130. The average molecular weight is 490 g/mol. The van der Waals surface area contributed by atoms with Crippen molar-refractivity contribution in [2.45, 2.75) is 44.8 Å². The van der Waals surface area contributed by atoms with Gasteiger partial charge in [0, 0.05) is 13.1 Å². The first-order valence-electron chi connectivity index (χ1n) is 12.3. The highest BCUT2D eigenvalue weighted by atomic mass is 35.5. The molecule has 2 N–H and O–H groups in total. The minimum Gasteiger partial charge on any atom is -0.352 e. The molecule has 0 radical (unpaired) electrons. The van der Waals surface area contributed by atoms with Crippen LogP contribution in [0.1, 0.15) is 58.8 Å². The summed E-state index contributed by atoms with van der Waals surface area (Å²) in [5.41, 5.74) is 3.64. The van der Waals surface area contributed by atoms with Crippen LogP contribution in [-0.2, 0) is 17.9 Å². The van der Waals surface area contributed by atoms with Gasteiger partial charge in [0.2, 0.25) is 5.91 Å². The molecule has 0 aliphatic carbocycles. The Kier molecular flexibility index (Phi) is 8.93. The molecule has 5 nitrogen and oxygen atoms in total. The molecule has 0 spiro atoms. The number of amides is 2. The van der Waals surface area contributed by atoms with Crippen LogP contribution in [0.25, 0.3) is 0 Å². The van der Waals surface area contributed by atoms with E-state index in [0.29, 0.717) is 17.1 Å². The molecule has 6 heteroatoms. The molecule has 0 bridgehead atoms. The lowest BCUT2D eigenvalue weighted by atomic mass is 10.0. The molecule has 1 aliphatic heterocycles. The van der Waals surface area contributed by atoms with Crippen LogP contribution in [0, 0.1) is 0 Å². The van der Waals surface area contributed by atoms with Gasteiger partial charge in [0.25, 0.3) is 5.91 Å². The lowest BCUT2D eigenvalue weighted by molar-refractivity contribution is -0.121. The number of benzene rings is 3. The second kappa shape index (κ2) is 12.5. The van der Waals surface area contributed by atoms with Crippen molar-refractivity contribution in [3.05, 3.63) is 106 Å². The number of rotatable bonds is 9. The fraction of sp³-hybridized carbons (Fsp3) is 0.310. The van der Waals surface area contributed by atoms with Crippen LogP contribution >= 0.6 is 11.6 Å². The molecule has 0 aromatic heterocycles. The Balaban J connectivity index is 1.41. The summed E-state index contributed by atoms with van der Waals surface area (Å²) < 4.78 is 0. The predicted octanol–water partition coefficient (Wildman–Crippen LogP) is 5.50. The third-order valence-electron chi connectivity index (χ3n) is 6.45. The second-order valence-electron chi connectivity index (χ2n) is 9.00. The number of nitrogens with zero attached hydrogens (tertiary/aromatic N) is 1. The van der Waals surface area contributed by atoms with Crippen LogP contribution in [0.15, 0.2) is 78.9 Å². The topological polar surface area (TPSA) is 61.4 Å². The Morgan fingerprint density at radius 1 is 0.829 bits per heavy atom. The molecular formula is C29H32ClN3O2. The number of halogens is 1. The number of carbonyl (C=O) groups is 2. The molecule has 0 saturated carbocycles. The van der Waals surface area contributed by atoms with Crippen LogP contribution in [0.4, 0.5) is 0 Å². The van der Waals surface area contributed by atoms with Crippen molar-refractivity contribution < 1.29 is 9.59 Å². The van der Waals surface area contributed by atoms with Gasteiger partial charge >= 0.3 is 0 Å². The summed E-state index contributed by atoms with van der Waals surface area (Å²) in [5.74, 6) is -0.421. The molecule has 4 rings (SSSR count). The van der Waals surface area contributed by atoms with Gasteiger partial charge in [-0.3, -0.25) is 14.5 Å². The zero-order valence-electron chi connectivity index (χ0n) is 19.9. The van der Waals surface area contributed by atoms with Crippen molar-refractivity contribution in [3.8, 4) is 0 Å². The van der Waals surface area contributed by atoms with Crippen molar-refractivity contribution >= 4 is 23.4 Å². The summed E-state index contributed by atoms with van der Waals surface area (Å²) in [4.78, 5) is 28.4. The summed E-state index contributed by atoms with van der Waals surface area (Å²) in [5, 5.41) is 6.44. The first kappa shape index (κ1) is 25.0. The third kappa shape index (κ3) is 7.17.